The van der Waals surface area contributed by atoms with Crippen LogP contribution in [0.1, 0.15) is 22.5 Å². The van der Waals surface area contributed by atoms with E-state index in [-0.39, 0.29) is 17.2 Å². The number of hydrogen-bond donors (Lipinski definition) is 0. The van der Waals surface area contributed by atoms with Gasteiger partial charge in [0.25, 0.3) is 11.7 Å². The molecule has 7 heteroatoms. The Hall–Kier alpha value is -1.43. The van der Waals surface area contributed by atoms with Crippen molar-refractivity contribution in [3.63, 3.8) is 0 Å². The lowest BCUT2D eigenvalue weighted by Gasteiger charge is -2.13. The number of aromatic nitrogens is 1. The van der Waals surface area contributed by atoms with Gasteiger partial charge in [0.05, 0.1) is 20.4 Å². The molecule has 16 heavy (non-hydrogen) atoms. The van der Waals surface area contributed by atoms with Gasteiger partial charge in [0.2, 0.25) is 0 Å². The highest BCUT2D eigenvalue weighted by molar-refractivity contribution is 6.67. The van der Waals surface area contributed by atoms with Gasteiger partial charge >= 0.3 is 0 Å². The lowest BCUT2D eigenvalue weighted by Crippen LogP contribution is -2.05. The number of methoxy groups -OCH3 is 2. The third kappa shape index (κ3) is 2.21. The maximum Gasteiger partial charge on any atom is 0.274 e. The number of alkyl halides is 2. The second-order valence-corrected chi connectivity index (χ2v) is 3.04. The summed E-state index contributed by atoms with van der Waals surface area (Å²) in [5.74, 6) is -0.525. The third-order valence-corrected chi connectivity index (χ3v) is 2.04. The smallest absolute Gasteiger partial charge is 0.274 e. The molecule has 0 saturated carbocycles. The molecule has 0 aliphatic carbocycles. The van der Waals surface area contributed by atoms with Crippen LogP contribution in [-0.2, 0) is 0 Å². The van der Waals surface area contributed by atoms with Gasteiger partial charge < -0.3 is 9.47 Å². The van der Waals surface area contributed by atoms with Crippen LogP contribution >= 0.6 is 11.6 Å². The van der Waals surface area contributed by atoms with Crippen LogP contribution in [0.3, 0.4) is 0 Å². The Bertz CT molecular complexity index is 412. The molecule has 0 bridgehead atoms. The first kappa shape index (κ1) is 12.6. The highest BCUT2D eigenvalue weighted by atomic mass is 35.5. The van der Waals surface area contributed by atoms with Crippen LogP contribution in [0, 0.1) is 0 Å². The van der Waals surface area contributed by atoms with E-state index in [1.54, 1.807) is 0 Å². The molecule has 0 atom stereocenters. The topological polar surface area (TPSA) is 48.4 Å². The third-order valence-electron chi connectivity index (χ3n) is 1.86. The van der Waals surface area contributed by atoms with Crippen LogP contribution in [0.5, 0.6) is 11.5 Å². The van der Waals surface area contributed by atoms with Crippen molar-refractivity contribution < 1.29 is 23.0 Å². The Morgan fingerprint density at radius 3 is 2.44 bits per heavy atom. The molecular weight excluding hydrogens is 244 g/mol. The molecule has 1 aromatic heterocycles. The molecule has 88 valence electrons. The minimum atomic E-state index is -2.86. The standard InChI is InChI=1S/C9H8ClF2NO3/c1-15-4-3-13-6(8(10)14)7(16-2)5(4)9(11)12/h3,9H,1-2H3. The summed E-state index contributed by atoms with van der Waals surface area (Å²) in [6, 6.07) is 0. The number of rotatable bonds is 4. The fourth-order valence-corrected chi connectivity index (χ4v) is 1.34. The number of ether oxygens (including phenoxy) is 2. The van der Waals surface area contributed by atoms with E-state index in [1.807, 2.05) is 0 Å². The molecular formula is C9H8ClF2NO3. The molecule has 0 unspecified atom stereocenters. The minimum absolute atomic E-state index is 0.159. The van der Waals surface area contributed by atoms with Gasteiger partial charge in [-0.3, -0.25) is 4.79 Å². The van der Waals surface area contributed by atoms with Gasteiger partial charge in [0.1, 0.15) is 11.3 Å². The monoisotopic (exact) mass is 251 g/mol. The van der Waals surface area contributed by atoms with Crippen LogP contribution in [0.25, 0.3) is 0 Å². The highest BCUT2D eigenvalue weighted by Gasteiger charge is 2.26. The molecule has 0 amide bonds. The first-order valence-electron chi connectivity index (χ1n) is 4.11. The van der Waals surface area contributed by atoms with Gasteiger partial charge in [-0.1, -0.05) is 0 Å². The average Bonchev–Trinajstić information content (AvgIpc) is 2.26. The molecule has 0 spiro atoms. The molecule has 1 heterocycles. The van der Waals surface area contributed by atoms with E-state index in [4.69, 9.17) is 21.1 Å². The summed E-state index contributed by atoms with van der Waals surface area (Å²) in [7, 11) is 2.36. The fourth-order valence-electron chi connectivity index (χ4n) is 1.21. The fraction of sp³-hybridized carbons (Fsp3) is 0.333. The number of halogens is 3. The average molecular weight is 252 g/mol. The van der Waals surface area contributed by atoms with Crippen molar-refractivity contribution in [1.29, 1.82) is 0 Å². The van der Waals surface area contributed by atoms with Crippen molar-refractivity contribution in [3.05, 3.63) is 17.5 Å². The quantitative estimate of drug-likeness (QED) is 0.771. The first-order valence-corrected chi connectivity index (χ1v) is 4.49. The van der Waals surface area contributed by atoms with Crippen molar-refractivity contribution in [2.45, 2.75) is 6.43 Å². The van der Waals surface area contributed by atoms with E-state index in [9.17, 15) is 13.6 Å². The van der Waals surface area contributed by atoms with Gasteiger partial charge in [-0.15, -0.1) is 0 Å². The second-order valence-electron chi connectivity index (χ2n) is 2.70. The molecule has 1 rings (SSSR count). The predicted molar refractivity (Wildman–Crippen MR) is 52.5 cm³/mol. The van der Waals surface area contributed by atoms with Crippen LogP contribution in [0.2, 0.25) is 0 Å². The van der Waals surface area contributed by atoms with E-state index in [1.165, 1.54) is 7.11 Å². The Kier molecular flexibility index (Phi) is 4.00. The number of hydrogen-bond acceptors (Lipinski definition) is 4. The summed E-state index contributed by atoms with van der Waals surface area (Å²) in [6.45, 7) is 0. The van der Waals surface area contributed by atoms with E-state index < -0.39 is 17.2 Å². The molecule has 1 aromatic rings. The summed E-state index contributed by atoms with van der Waals surface area (Å²) in [6.07, 6.45) is -1.86. The number of nitrogens with zero attached hydrogens (tertiary/aromatic N) is 1. The lowest BCUT2D eigenvalue weighted by atomic mass is 10.2. The van der Waals surface area contributed by atoms with Crippen molar-refractivity contribution in [3.8, 4) is 11.5 Å². The first-order chi connectivity index (χ1) is 7.52. The molecule has 4 nitrogen and oxygen atoms in total. The summed E-state index contributed by atoms with van der Waals surface area (Å²) < 4.78 is 34.9. The summed E-state index contributed by atoms with van der Waals surface area (Å²) in [5.41, 5.74) is -0.899. The number of carbonyl (C=O) groups is 1. The van der Waals surface area contributed by atoms with Gasteiger partial charge in [-0.2, -0.15) is 0 Å². The molecule has 0 aliphatic rings. The molecule has 0 saturated heterocycles. The van der Waals surface area contributed by atoms with Crippen molar-refractivity contribution in [2.75, 3.05) is 14.2 Å². The Balaban J connectivity index is 3.49. The SMILES string of the molecule is COc1cnc(C(=O)Cl)c(OC)c1C(F)F. The van der Waals surface area contributed by atoms with E-state index >= 15 is 0 Å². The maximum absolute atomic E-state index is 12.8. The van der Waals surface area contributed by atoms with E-state index in [2.05, 4.69) is 4.98 Å². The zero-order valence-electron chi connectivity index (χ0n) is 8.46. The maximum atomic E-state index is 12.8. The predicted octanol–water partition coefficient (Wildman–Crippen LogP) is 2.42. The Morgan fingerprint density at radius 1 is 1.44 bits per heavy atom. The Morgan fingerprint density at radius 2 is 2.06 bits per heavy atom. The van der Waals surface area contributed by atoms with Crippen LogP contribution in [0.4, 0.5) is 8.78 Å². The minimum Gasteiger partial charge on any atom is -0.494 e. The van der Waals surface area contributed by atoms with Crippen molar-refractivity contribution >= 4 is 16.8 Å². The number of pyridine rings is 1. The Labute approximate surface area is 95.1 Å². The van der Waals surface area contributed by atoms with E-state index in [0.717, 1.165) is 13.3 Å². The molecule has 0 aromatic carbocycles. The lowest BCUT2D eigenvalue weighted by molar-refractivity contribution is 0.107. The van der Waals surface area contributed by atoms with Gasteiger partial charge in [0, 0.05) is 0 Å². The van der Waals surface area contributed by atoms with Gasteiger partial charge in [-0.25, -0.2) is 13.8 Å². The summed E-state index contributed by atoms with van der Waals surface area (Å²) in [4.78, 5) is 14.5. The van der Waals surface area contributed by atoms with Crippen molar-refractivity contribution in [2.24, 2.45) is 0 Å². The van der Waals surface area contributed by atoms with Gasteiger partial charge in [0.15, 0.2) is 11.4 Å². The highest BCUT2D eigenvalue weighted by Crippen LogP contribution is 2.38. The van der Waals surface area contributed by atoms with Crippen LogP contribution in [0.15, 0.2) is 6.20 Å². The summed E-state index contributed by atoms with van der Waals surface area (Å²) in [5, 5.41) is -0.971. The molecule has 0 aliphatic heterocycles. The zero-order valence-corrected chi connectivity index (χ0v) is 9.22. The zero-order chi connectivity index (χ0) is 12.3. The van der Waals surface area contributed by atoms with Crippen molar-refractivity contribution in [1.82, 2.24) is 4.98 Å². The molecule has 0 N–H and O–H groups in total. The van der Waals surface area contributed by atoms with Gasteiger partial charge in [-0.05, 0) is 11.6 Å². The second kappa shape index (κ2) is 5.07. The van der Waals surface area contributed by atoms with E-state index in [0.29, 0.717) is 0 Å². The largest absolute Gasteiger partial charge is 0.494 e. The normalized spacial score (nSPS) is 10.4. The molecule has 0 radical (unpaired) electrons. The number of carbonyl (C=O) groups excluding carboxylic acids is 1. The summed E-state index contributed by atoms with van der Waals surface area (Å²) >= 11 is 5.19. The molecule has 0 fully saturated rings. The van der Waals surface area contributed by atoms with Crippen LogP contribution in [-0.4, -0.2) is 24.4 Å². The van der Waals surface area contributed by atoms with Crippen LogP contribution < -0.4 is 9.47 Å².